The van der Waals surface area contributed by atoms with E-state index < -0.39 is 11.0 Å². The molecule has 0 aromatic carbocycles. The van der Waals surface area contributed by atoms with Crippen LogP contribution in [0.4, 0.5) is 0 Å². The van der Waals surface area contributed by atoms with Gasteiger partial charge in [0.2, 0.25) is 0 Å². The molecule has 96 valence electrons. The van der Waals surface area contributed by atoms with Gasteiger partial charge in [0.25, 0.3) is 5.91 Å². The predicted octanol–water partition coefficient (Wildman–Crippen LogP) is 0.240. The summed E-state index contributed by atoms with van der Waals surface area (Å²) in [4.78, 5) is 11.1. The molecule has 0 aliphatic carbocycles. The van der Waals surface area contributed by atoms with E-state index in [0.717, 1.165) is 11.3 Å². The van der Waals surface area contributed by atoms with Crippen LogP contribution < -0.4 is 4.72 Å². The van der Waals surface area contributed by atoms with Gasteiger partial charge in [-0.05, 0) is 19.1 Å². The van der Waals surface area contributed by atoms with Gasteiger partial charge in [0, 0.05) is 17.8 Å². The van der Waals surface area contributed by atoms with E-state index in [2.05, 4.69) is 20.0 Å². The first-order valence-electron chi connectivity index (χ1n) is 5.43. The standard InChI is InChI=1S/C11H9N5O2S/c1-7-2-3-9(14-13-7)8-5-12-16(6-8)11-4-10(17)15-19(11)18/h2-6H,1H3,(H,15,17). The average Bonchev–Trinajstić information content (AvgIpc) is 2.97. The maximum atomic E-state index is 11.6. The lowest BCUT2D eigenvalue weighted by Gasteiger charge is -1.98. The second kappa shape index (κ2) is 4.39. The number of rotatable bonds is 2. The van der Waals surface area contributed by atoms with Gasteiger partial charge in [0.15, 0.2) is 16.0 Å². The van der Waals surface area contributed by atoms with E-state index in [9.17, 15) is 9.00 Å². The summed E-state index contributed by atoms with van der Waals surface area (Å²) < 4.78 is 15.3. The van der Waals surface area contributed by atoms with Crippen LogP contribution in [0.1, 0.15) is 5.69 Å². The Hall–Kier alpha value is -2.35. The predicted molar refractivity (Wildman–Crippen MR) is 68.5 cm³/mol. The molecule has 7 nitrogen and oxygen atoms in total. The van der Waals surface area contributed by atoms with E-state index in [1.807, 2.05) is 19.1 Å². The van der Waals surface area contributed by atoms with Crippen molar-refractivity contribution in [2.75, 3.05) is 0 Å². The Morgan fingerprint density at radius 1 is 1.32 bits per heavy atom. The zero-order valence-electron chi connectivity index (χ0n) is 9.90. The van der Waals surface area contributed by atoms with Crippen LogP contribution >= 0.6 is 0 Å². The van der Waals surface area contributed by atoms with E-state index in [1.165, 1.54) is 10.8 Å². The third kappa shape index (κ3) is 2.17. The summed E-state index contributed by atoms with van der Waals surface area (Å²) in [7, 11) is -1.56. The lowest BCUT2D eigenvalue weighted by atomic mass is 10.2. The fraction of sp³-hybridized carbons (Fsp3) is 0.0909. The van der Waals surface area contributed by atoms with Crippen molar-refractivity contribution in [3.63, 3.8) is 0 Å². The Labute approximate surface area is 110 Å². The molecule has 2 aromatic heterocycles. The Kier molecular flexibility index (Phi) is 2.71. The van der Waals surface area contributed by atoms with Gasteiger partial charge in [0.05, 0.1) is 17.6 Å². The highest BCUT2D eigenvalue weighted by molar-refractivity contribution is 7.93. The summed E-state index contributed by atoms with van der Waals surface area (Å²) in [5, 5.41) is 12.4. The van der Waals surface area contributed by atoms with E-state index >= 15 is 0 Å². The maximum Gasteiger partial charge on any atom is 0.258 e. The van der Waals surface area contributed by atoms with Gasteiger partial charge in [-0.2, -0.15) is 15.3 Å². The first-order chi connectivity index (χ1) is 9.13. The number of nitrogens with zero attached hydrogens (tertiary/aromatic N) is 4. The van der Waals surface area contributed by atoms with Crippen molar-refractivity contribution in [3.8, 4) is 11.3 Å². The van der Waals surface area contributed by atoms with Gasteiger partial charge in [-0.15, -0.1) is 0 Å². The number of aromatic nitrogens is 4. The van der Waals surface area contributed by atoms with Crippen molar-refractivity contribution >= 4 is 21.9 Å². The van der Waals surface area contributed by atoms with Crippen molar-refractivity contribution in [2.45, 2.75) is 6.92 Å². The lowest BCUT2D eigenvalue weighted by molar-refractivity contribution is -0.114. The molecule has 0 radical (unpaired) electrons. The topological polar surface area (TPSA) is 89.8 Å². The molecule has 2 aromatic rings. The molecule has 0 saturated heterocycles. The largest absolute Gasteiger partial charge is 0.269 e. The molecule has 1 amide bonds. The SMILES string of the molecule is Cc1ccc(-c2cnn(C3=CC(=O)NS3=O)c2)nn1. The molecule has 3 heterocycles. The summed E-state index contributed by atoms with van der Waals surface area (Å²) >= 11 is 0. The third-order valence-corrected chi connectivity index (χ3v) is 3.61. The molecule has 19 heavy (non-hydrogen) atoms. The molecule has 1 N–H and O–H groups in total. The molecule has 1 aliphatic heterocycles. The number of amides is 1. The van der Waals surface area contributed by atoms with Crippen LogP contribution in [0, 0.1) is 6.92 Å². The monoisotopic (exact) mass is 275 g/mol. The number of carbonyl (C=O) groups excluding carboxylic acids is 1. The van der Waals surface area contributed by atoms with Gasteiger partial charge in [-0.3, -0.25) is 9.52 Å². The number of hydrogen-bond donors (Lipinski definition) is 1. The highest BCUT2D eigenvalue weighted by Crippen LogP contribution is 2.19. The second-order valence-corrected chi connectivity index (χ2v) is 5.11. The summed E-state index contributed by atoms with van der Waals surface area (Å²) in [5.74, 6) is -0.388. The van der Waals surface area contributed by atoms with E-state index in [1.54, 1.807) is 12.4 Å². The van der Waals surface area contributed by atoms with Crippen LogP contribution in [0.25, 0.3) is 16.3 Å². The fourth-order valence-corrected chi connectivity index (χ4v) is 2.45. The van der Waals surface area contributed by atoms with Gasteiger partial charge < -0.3 is 0 Å². The zero-order valence-corrected chi connectivity index (χ0v) is 10.7. The molecule has 8 heteroatoms. The van der Waals surface area contributed by atoms with Crippen molar-refractivity contribution in [1.82, 2.24) is 24.7 Å². The molecule has 1 atom stereocenters. The highest BCUT2D eigenvalue weighted by Gasteiger charge is 2.22. The Balaban J connectivity index is 1.96. The molecular weight excluding hydrogens is 266 g/mol. The number of carbonyl (C=O) groups is 1. The van der Waals surface area contributed by atoms with Crippen LogP contribution in [0.3, 0.4) is 0 Å². The van der Waals surface area contributed by atoms with E-state index in [4.69, 9.17) is 0 Å². The van der Waals surface area contributed by atoms with Crippen LogP contribution in [-0.4, -0.2) is 30.1 Å². The quantitative estimate of drug-likeness (QED) is 0.848. The minimum atomic E-state index is -1.56. The zero-order chi connectivity index (χ0) is 13.4. The molecule has 0 saturated carbocycles. The van der Waals surface area contributed by atoms with Crippen LogP contribution in [0.5, 0.6) is 0 Å². The lowest BCUT2D eigenvalue weighted by Crippen LogP contribution is -2.17. The first kappa shape index (κ1) is 11.7. The van der Waals surface area contributed by atoms with Crippen molar-refractivity contribution in [3.05, 3.63) is 36.3 Å². The van der Waals surface area contributed by atoms with Crippen LogP contribution in [0.2, 0.25) is 0 Å². The van der Waals surface area contributed by atoms with E-state index in [0.29, 0.717) is 10.7 Å². The average molecular weight is 275 g/mol. The van der Waals surface area contributed by atoms with Gasteiger partial charge >= 0.3 is 0 Å². The summed E-state index contributed by atoms with van der Waals surface area (Å²) in [6.07, 6.45) is 4.50. The molecule has 0 bridgehead atoms. The van der Waals surface area contributed by atoms with Gasteiger partial charge in [0.1, 0.15) is 0 Å². The Morgan fingerprint density at radius 2 is 2.16 bits per heavy atom. The van der Waals surface area contributed by atoms with Crippen molar-refractivity contribution in [2.24, 2.45) is 0 Å². The Bertz CT molecular complexity index is 704. The van der Waals surface area contributed by atoms with Crippen molar-refractivity contribution in [1.29, 1.82) is 0 Å². The maximum absolute atomic E-state index is 11.6. The highest BCUT2D eigenvalue weighted by atomic mass is 32.2. The molecule has 1 unspecified atom stereocenters. The van der Waals surface area contributed by atoms with Crippen LogP contribution in [-0.2, 0) is 15.8 Å². The molecule has 1 aliphatic rings. The van der Waals surface area contributed by atoms with Gasteiger partial charge in [-0.25, -0.2) is 8.89 Å². The normalized spacial score (nSPS) is 18.3. The number of aryl methyl sites for hydroxylation is 1. The third-order valence-electron chi connectivity index (χ3n) is 2.54. The van der Waals surface area contributed by atoms with Crippen LogP contribution in [0.15, 0.2) is 30.6 Å². The van der Waals surface area contributed by atoms with Gasteiger partial charge in [-0.1, -0.05) is 0 Å². The summed E-state index contributed by atoms with van der Waals surface area (Å²) in [5.41, 5.74) is 2.23. The molecule has 0 fully saturated rings. The minimum absolute atomic E-state index is 0.302. The molecular formula is C11H9N5O2S. The fourth-order valence-electron chi connectivity index (χ4n) is 1.62. The molecule has 3 rings (SSSR count). The second-order valence-electron chi connectivity index (χ2n) is 3.95. The first-order valence-corrected chi connectivity index (χ1v) is 6.58. The number of nitrogens with one attached hydrogen (secondary N) is 1. The minimum Gasteiger partial charge on any atom is -0.269 e. The Morgan fingerprint density at radius 3 is 2.79 bits per heavy atom. The summed E-state index contributed by atoms with van der Waals surface area (Å²) in [6.45, 7) is 1.85. The number of hydrogen-bond acceptors (Lipinski definition) is 5. The summed E-state index contributed by atoms with van der Waals surface area (Å²) in [6, 6.07) is 3.67. The molecule has 0 spiro atoms. The van der Waals surface area contributed by atoms with Crippen molar-refractivity contribution < 1.29 is 9.00 Å². The van der Waals surface area contributed by atoms with E-state index in [-0.39, 0.29) is 5.91 Å². The smallest absolute Gasteiger partial charge is 0.258 e.